The van der Waals surface area contributed by atoms with Crippen molar-refractivity contribution in [1.82, 2.24) is 20.0 Å². The quantitative estimate of drug-likeness (QED) is 0.590. The first-order valence-corrected chi connectivity index (χ1v) is 11.1. The topological polar surface area (TPSA) is 99.8 Å². The van der Waals surface area contributed by atoms with Gasteiger partial charge < -0.3 is 23.6 Å². The molecule has 2 aromatic heterocycles. The van der Waals surface area contributed by atoms with Crippen LogP contribution in [0.25, 0.3) is 0 Å². The van der Waals surface area contributed by atoms with E-state index in [1.54, 1.807) is 11.1 Å². The number of pyridine rings is 1. The van der Waals surface area contributed by atoms with Crippen LogP contribution < -0.4 is 9.47 Å². The van der Waals surface area contributed by atoms with Crippen molar-refractivity contribution in [2.75, 3.05) is 26.4 Å². The lowest BCUT2D eigenvalue weighted by atomic mass is 10.2. The van der Waals surface area contributed by atoms with E-state index < -0.39 is 0 Å². The molecule has 1 aromatic carbocycles. The summed E-state index contributed by atoms with van der Waals surface area (Å²) < 4.78 is 22.9. The molecule has 0 saturated carbocycles. The highest BCUT2D eigenvalue weighted by Crippen LogP contribution is 2.32. The van der Waals surface area contributed by atoms with Crippen LogP contribution in [0.3, 0.4) is 0 Å². The number of nitrogens with zero attached hydrogens (tertiary/aromatic N) is 4. The molecule has 4 rings (SSSR count). The van der Waals surface area contributed by atoms with Gasteiger partial charge in [0.1, 0.15) is 6.61 Å². The van der Waals surface area contributed by atoms with Crippen LogP contribution in [-0.4, -0.2) is 52.3 Å². The zero-order chi connectivity index (χ0) is 23.0. The highest BCUT2D eigenvalue weighted by atomic mass is 16.5. The summed E-state index contributed by atoms with van der Waals surface area (Å²) in [4.78, 5) is 23.6. The number of aromatic nitrogens is 3. The number of amides is 1. The van der Waals surface area contributed by atoms with Crippen LogP contribution in [0.1, 0.15) is 43.5 Å². The summed E-state index contributed by atoms with van der Waals surface area (Å²) in [5.74, 6) is 2.86. The molecule has 33 heavy (non-hydrogen) atoms. The number of rotatable bonds is 4. The average molecular weight is 453 g/mol. The third-order valence-corrected chi connectivity index (χ3v) is 5.16. The van der Waals surface area contributed by atoms with Crippen molar-refractivity contribution in [3.05, 3.63) is 59.9 Å². The van der Waals surface area contributed by atoms with Gasteiger partial charge in [-0.25, -0.2) is 4.98 Å². The first-order valence-electron chi connectivity index (χ1n) is 11.1. The Morgan fingerprint density at radius 2 is 1.94 bits per heavy atom. The molecular weight excluding hydrogens is 424 g/mol. The van der Waals surface area contributed by atoms with Gasteiger partial charge >= 0.3 is 0 Å². The highest BCUT2D eigenvalue weighted by molar-refractivity contribution is 5.76. The number of hydrogen-bond acceptors (Lipinski definition) is 8. The molecule has 0 aliphatic carbocycles. The number of hydrogen-bond donors (Lipinski definition) is 0. The molecule has 1 aliphatic heterocycles. The van der Waals surface area contributed by atoms with E-state index >= 15 is 0 Å². The van der Waals surface area contributed by atoms with Crippen molar-refractivity contribution >= 4 is 5.91 Å². The lowest BCUT2D eigenvalue weighted by Gasteiger charge is -2.23. The third-order valence-electron chi connectivity index (χ3n) is 5.16. The van der Waals surface area contributed by atoms with E-state index in [2.05, 4.69) is 15.1 Å². The van der Waals surface area contributed by atoms with Gasteiger partial charge in [-0.1, -0.05) is 37.2 Å². The van der Waals surface area contributed by atoms with Gasteiger partial charge in [0.05, 0.1) is 19.8 Å². The summed E-state index contributed by atoms with van der Waals surface area (Å²) in [6.07, 6.45) is 2.30. The molecule has 0 unspecified atom stereocenters. The summed E-state index contributed by atoms with van der Waals surface area (Å²) in [5, 5.41) is 3.97. The Balaban J connectivity index is 1.51. The normalized spacial score (nSPS) is 14.7. The second kappa shape index (κ2) is 10.9. The molecule has 9 heteroatoms. The predicted octanol–water partition coefficient (Wildman–Crippen LogP) is 3.75. The van der Waals surface area contributed by atoms with Crippen LogP contribution in [0.5, 0.6) is 17.4 Å². The van der Waals surface area contributed by atoms with Crippen molar-refractivity contribution in [2.24, 2.45) is 0 Å². The molecule has 0 radical (unpaired) electrons. The molecule has 0 spiro atoms. The first-order chi connectivity index (χ1) is 16.1. The van der Waals surface area contributed by atoms with E-state index in [0.29, 0.717) is 68.4 Å². The summed E-state index contributed by atoms with van der Waals surface area (Å²) in [7, 11) is 0. The predicted molar refractivity (Wildman–Crippen MR) is 119 cm³/mol. The van der Waals surface area contributed by atoms with Crippen molar-refractivity contribution in [3.63, 3.8) is 0 Å². The number of carbonyl (C=O) groups is 1. The van der Waals surface area contributed by atoms with Gasteiger partial charge in [0, 0.05) is 37.1 Å². The molecule has 0 bridgehead atoms. The van der Waals surface area contributed by atoms with Crippen LogP contribution in [0.4, 0.5) is 0 Å². The zero-order valence-electron chi connectivity index (χ0n) is 18.9. The van der Waals surface area contributed by atoms with E-state index in [-0.39, 0.29) is 18.2 Å². The van der Waals surface area contributed by atoms with Crippen molar-refractivity contribution in [3.8, 4) is 17.4 Å². The Morgan fingerprint density at radius 1 is 1.09 bits per heavy atom. The molecule has 174 valence electrons. The van der Waals surface area contributed by atoms with Crippen molar-refractivity contribution in [1.29, 1.82) is 0 Å². The summed E-state index contributed by atoms with van der Waals surface area (Å²) in [6.45, 7) is 5.94. The maximum Gasteiger partial charge on any atom is 0.227 e. The van der Waals surface area contributed by atoms with Gasteiger partial charge in [-0.2, -0.15) is 4.98 Å². The van der Waals surface area contributed by atoms with Gasteiger partial charge in [0.15, 0.2) is 17.3 Å². The van der Waals surface area contributed by atoms with E-state index in [1.165, 1.54) is 0 Å². The molecule has 0 atom stereocenters. The zero-order valence-corrected chi connectivity index (χ0v) is 18.9. The van der Waals surface area contributed by atoms with Gasteiger partial charge in [-0.15, -0.1) is 0 Å². The molecule has 1 amide bonds. The van der Waals surface area contributed by atoms with Gasteiger partial charge in [-0.05, 0) is 18.2 Å². The minimum absolute atomic E-state index is 0.0378. The molecule has 9 nitrogen and oxygen atoms in total. The number of benzene rings is 1. The smallest absolute Gasteiger partial charge is 0.227 e. The van der Waals surface area contributed by atoms with Gasteiger partial charge in [0.25, 0.3) is 0 Å². The minimum atomic E-state index is -0.0378. The lowest BCUT2D eigenvalue weighted by molar-refractivity contribution is -0.132. The van der Waals surface area contributed by atoms with Crippen molar-refractivity contribution in [2.45, 2.75) is 39.2 Å². The van der Waals surface area contributed by atoms with E-state index in [4.69, 9.17) is 18.7 Å². The summed E-state index contributed by atoms with van der Waals surface area (Å²) >= 11 is 0. The van der Waals surface area contributed by atoms with E-state index in [1.807, 2.05) is 50.2 Å². The highest BCUT2D eigenvalue weighted by Gasteiger charge is 2.20. The van der Waals surface area contributed by atoms with E-state index in [0.717, 1.165) is 5.56 Å². The Labute approximate surface area is 192 Å². The van der Waals surface area contributed by atoms with E-state index in [9.17, 15) is 4.79 Å². The largest absolute Gasteiger partial charge is 0.487 e. The molecule has 0 saturated heterocycles. The van der Waals surface area contributed by atoms with Crippen molar-refractivity contribution < 1.29 is 23.5 Å². The minimum Gasteiger partial charge on any atom is -0.487 e. The molecule has 3 heterocycles. The Hall–Kier alpha value is -3.46. The standard InChI is InChI=1S/C24H28N4O5/c1-17(2)23-26-21(33-27-23)9-10-22(29)28-12-13-30-14-15-31-19-7-3-4-8-20(19)32-24-18(16-28)6-5-11-25-24/h3-8,11,17H,9-10,12-16H2,1-2H3. The average Bonchev–Trinajstić information content (AvgIpc) is 3.30. The fourth-order valence-electron chi connectivity index (χ4n) is 3.36. The molecular formula is C24H28N4O5. The number of ether oxygens (including phenoxy) is 3. The Bertz CT molecular complexity index is 1070. The second-order valence-corrected chi connectivity index (χ2v) is 7.99. The molecule has 3 aromatic rings. The van der Waals surface area contributed by atoms with Gasteiger partial charge in [-0.3, -0.25) is 4.79 Å². The number of carbonyl (C=O) groups excluding carboxylic acids is 1. The molecule has 0 N–H and O–H groups in total. The van der Waals surface area contributed by atoms with Crippen LogP contribution in [-0.2, 0) is 22.5 Å². The Morgan fingerprint density at radius 3 is 2.76 bits per heavy atom. The summed E-state index contributed by atoms with van der Waals surface area (Å²) in [5.41, 5.74) is 0.791. The van der Waals surface area contributed by atoms with Crippen LogP contribution in [0, 0.1) is 0 Å². The third kappa shape index (κ3) is 6.07. The summed E-state index contributed by atoms with van der Waals surface area (Å²) in [6, 6.07) is 11.2. The number of fused-ring (bicyclic) bond motifs is 2. The molecule has 1 aliphatic rings. The monoisotopic (exact) mass is 452 g/mol. The van der Waals surface area contributed by atoms with Crippen LogP contribution in [0.2, 0.25) is 0 Å². The number of para-hydroxylation sites is 2. The maximum absolute atomic E-state index is 13.1. The molecule has 0 fully saturated rings. The van der Waals surface area contributed by atoms with Crippen LogP contribution in [0.15, 0.2) is 47.1 Å². The fourth-order valence-corrected chi connectivity index (χ4v) is 3.36. The first kappa shape index (κ1) is 22.7. The van der Waals surface area contributed by atoms with Gasteiger partial charge in [0.2, 0.25) is 17.7 Å². The second-order valence-electron chi connectivity index (χ2n) is 7.99. The number of aryl methyl sites for hydroxylation is 1. The Kier molecular flexibility index (Phi) is 7.51. The van der Waals surface area contributed by atoms with Crippen LogP contribution >= 0.6 is 0 Å². The SMILES string of the molecule is CC(C)c1noc(CCC(=O)N2CCOCCOc3ccccc3Oc3ncccc3C2)n1. The maximum atomic E-state index is 13.1. The fraction of sp³-hybridized carbons (Fsp3) is 0.417. The lowest BCUT2D eigenvalue weighted by Crippen LogP contribution is -2.34.